The van der Waals surface area contributed by atoms with Gasteiger partial charge in [0.1, 0.15) is 18.3 Å². The number of carbonyl (C=O) groups excluding carboxylic acids is 2. The fourth-order valence-corrected chi connectivity index (χ4v) is 4.09. The highest BCUT2D eigenvalue weighted by atomic mass is 32.2. The van der Waals surface area contributed by atoms with Gasteiger partial charge >= 0.3 is 0 Å². The summed E-state index contributed by atoms with van der Waals surface area (Å²) in [5.41, 5.74) is 3.08. The maximum Gasteiger partial charge on any atom is 0.244 e. The molecule has 0 radical (unpaired) electrons. The summed E-state index contributed by atoms with van der Waals surface area (Å²) in [7, 11) is -0.711. The average molecular weight is 462 g/mol. The van der Waals surface area contributed by atoms with Crippen molar-refractivity contribution in [3.05, 3.63) is 59.2 Å². The van der Waals surface area contributed by atoms with Crippen molar-refractivity contribution in [1.82, 2.24) is 10.2 Å². The lowest BCUT2D eigenvalue weighted by Gasteiger charge is -2.31. The molecule has 1 atom stereocenters. The van der Waals surface area contributed by atoms with E-state index in [9.17, 15) is 18.0 Å². The number of hydrogen-bond donors (Lipinski definition) is 1. The summed E-state index contributed by atoms with van der Waals surface area (Å²) in [6.45, 7) is 5.11. The SMILES string of the molecule is CNC(=O)[C@H](C)N(Cc1cccc(OC)c1)C(=O)CN(c1ccc(C)c(C)c1)S(C)(=O)=O. The minimum Gasteiger partial charge on any atom is -0.497 e. The zero-order valence-corrected chi connectivity index (χ0v) is 20.2. The summed E-state index contributed by atoms with van der Waals surface area (Å²) >= 11 is 0. The first-order valence-corrected chi connectivity index (χ1v) is 12.0. The molecule has 0 bridgehead atoms. The monoisotopic (exact) mass is 461 g/mol. The smallest absolute Gasteiger partial charge is 0.244 e. The Morgan fingerprint density at radius 2 is 1.78 bits per heavy atom. The summed E-state index contributed by atoms with van der Waals surface area (Å²) in [6.07, 6.45) is 1.06. The van der Waals surface area contributed by atoms with Crippen molar-refractivity contribution in [3.63, 3.8) is 0 Å². The lowest BCUT2D eigenvalue weighted by molar-refractivity contribution is -0.139. The molecule has 174 valence electrons. The first-order valence-electron chi connectivity index (χ1n) is 10.2. The fourth-order valence-electron chi connectivity index (χ4n) is 3.25. The molecule has 0 aliphatic heterocycles. The van der Waals surface area contributed by atoms with Crippen molar-refractivity contribution in [2.75, 3.05) is 31.3 Å². The van der Waals surface area contributed by atoms with E-state index in [0.29, 0.717) is 11.4 Å². The van der Waals surface area contributed by atoms with Gasteiger partial charge in [0.15, 0.2) is 0 Å². The molecule has 0 fully saturated rings. The maximum atomic E-state index is 13.4. The van der Waals surface area contributed by atoms with Crippen LogP contribution in [0.2, 0.25) is 0 Å². The Balaban J connectivity index is 2.41. The Morgan fingerprint density at radius 1 is 1.09 bits per heavy atom. The Hall–Kier alpha value is -3.07. The van der Waals surface area contributed by atoms with E-state index in [1.54, 1.807) is 44.4 Å². The number of methoxy groups -OCH3 is 1. The molecule has 9 heteroatoms. The number of likely N-dealkylation sites (N-methyl/N-ethyl adjacent to an activating group) is 1. The number of anilines is 1. The summed E-state index contributed by atoms with van der Waals surface area (Å²) in [4.78, 5) is 27.1. The summed E-state index contributed by atoms with van der Waals surface area (Å²) in [5.74, 6) is -0.221. The van der Waals surface area contributed by atoms with Gasteiger partial charge in [-0.2, -0.15) is 0 Å². The topological polar surface area (TPSA) is 96.0 Å². The Labute approximate surface area is 190 Å². The fraction of sp³-hybridized carbons (Fsp3) is 0.391. The van der Waals surface area contributed by atoms with Crippen LogP contribution < -0.4 is 14.4 Å². The summed E-state index contributed by atoms with van der Waals surface area (Å²) in [5, 5.41) is 2.55. The van der Waals surface area contributed by atoms with Crippen molar-refractivity contribution in [3.8, 4) is 5.75 Å². The van der Waals surface area contributed by atoms with E-state index in [4.69, 9.17) is 4.74 Å². The standard InChI is InChI=1S/C23H31N3O5S/c1-16-10-11-20(12-17(16)2)26(32(6,29)30)15-22(27)25(18(3)23(28)24-4)14-19-8-7-9-21(13-19)31-5/h7-13,18H,14-15H2,1-6H3,(H,24,28)/t18-/m0/s1. The number of benzene rings is 2. The first kappa shape index (κ1) is 25.2. The van der Waals surface area contributed by atoms with E-state index in [-0.39, 0.29) is 12.5 Å². The highest BCUT2D eigenvalue weighted by molar-refractivity contribution is 7.92. The molecule has 2 aromatic rings. The van der Waals surface area contributed by atoms with Crippen molar-refractivity contribution >= 4 is 27.5 Å². The van der Waals surface area contributed by atoms with Crippen LogP contribution in [0.25, 0.3) is 0 Å². The quantitative estimate of drug-likeness (QED) is 0.618. The molecule has 0 spiro atoms. The Kier molecular flexibility index (Phi) is 8.26. The third-order valence-corrected chi connectivity index (χ3v) is 6.50. The molecule has 2 amide bonds. The van der Waals surface area contributed by atoms with E-state index < -0.39 is 28.5 Å². The van der Waals surface area contributed by atoms with Crippen LogP contribution in [-0.2, 0) is 26.2 Å². The number of amides is 2. The molecular formula is C23H31N3O5S. The number of hydrogen-bond acceptors (Lipinski definition) is 5. The van der Waals surface area contributed by atoms with Crippen LogP contribution in [0.1, 0.15) is 23.6 Å². The second-order valence-corrected chi connectivity index (χ2v) is 9.61. The number of nitrogens with one attached hydrogen (secondary N) is 1. The molecule has 8 nitrogen and oxygen atoms in total. The molecule has 0 aliphatic carbocycles. The van der Waals surface area contributed by atoms with E-state index >= 15 is 0 Å². The van der Waals surface area contributed by atoms with Gasteiger partial charge in [0.2, 0.25) is 21.8 Å². The number of carbonyl (C=O) groups is 2. The van der Waals surface area contributed by atoms with Gasteiger partial charge in [0, 0.05) is 13.6 Å². The Bertz CT molecular complexity index is 1080. The third kappa shape index (κ3) is 6.23. The molecule has 2 aromatic carbocycles. The number of ether oxygens (including phenoxy) is 1. The van der Waals surface area contributed by atoms with Crippen LogP contribution in [0.3, 0.4) is 0 Å². The predicted octanol–water partition coefficient (Wildman–Crippen LogP) is 2.24. The van der Waals surface area contributed by atoms with E-state index in [2.05, 4.69) is 5.32 Å². The normalized spacial score (nSPS) is 12.1. The number of aryl methyl sites for hydroxylation is 2. The Morgan fingerprint density at radius 3 is 2.34 bits per heavy atom. The predicted molar refractivity (Wildman–Crippen MR) is 125 cm³/mol. The van der Waals surface area contributed by atoms with Crippen LogP contribution in [0.15, 0.2) is 42.5 Å². The molecule has 0 unspecified atom stereocenters. The highest BCUT2D eigenvalue weighted by Gasteiger charge is 2.29. The van der Waals surface area contributed by atoms with Crippen molar-refractivity contribution in [1.29, 1.82) is 0 Å². The van der Waals surface area contributed by atoms with Gasteiger partial charge in [-0.05, 0) is 61.7 Å². The van der Waals surface area contributed by atoms with Crippen LogP contribution in [0.5, 0.6) is 5.75 Å². The molecule has 0 heterocycles. The molecular weight excluding hydrogens is 430 g/mol. The van der Waals surface area contributed by atoms with Crippen molar-refractivity contribution < 1.29 is 22.7 Å². The van der Waals surface area contributed by atoms with Crippen LogP contribution >= 0.6 is 0 Å². The van der Waals surface area contributed by atoms with Gasteiger partial charge in [-0.1, -0.05) is 18.2 Å². The summed E-state index contributed by atoms with van der Waals surface area (Å²) in [6, 6.07) is 11.6. The molecule has 0 saturated heterocycles. The van der Waals surface area contributed by atoms with Crippen LogP contribution in [0.4, 0.5) is 5.69 Å². The minimum atomic E-state index is -3.75. The maximum absolute atomic E-state index is 13.4. The van der Waals surface area contributed by atoms with Gasteiger partial charge in [-0.15, -0.1) is 0 Å². The van der Waals surface area contributed by atoms with Gasteiger partial charge < -0.3 is 15.0 Å². The van der Waals surface area contributed by atoms with Gasteiger partial charge in [0.05, 0.1) is 19.1 Å². The van der Waals surface area contributed by atoms with Crippen LogP contribution in [0, 0.1) is 13.8 Å². The minimum absolute atomic E-state index is 0.120. The number of sulfonamides is 1. The zero-order chi connectivity index (χ0) is 24.1. The van der Waals surface area contributed by atoms with Gasteiger partial charge in [0.25, 0.3) is 0 Å². The summed E-state index contributed by atoms with van der Waals surface area (Å²) < 4.78 is 31.4. The second-order valence-electron chi connectivity index (χ2n) is 7.70. The van der Waals surface area contributed by atoms with E-state index in [1.807, 2.05) is 26.0 Å². The number of nitrogens with zero attached hydrogens (tertiary/aromatic N) is 2. The molecule has 0 aliphatic rings. The second kappa shape index (κ2) is 10.5. The lowest BCUT2D eigenvalue weighted by atomic mass is 10.1. The zero-order valence-electron chi connectivity index (χ0n) is 19.4. The molecule has 32 heavy (non-hydrogen) atoms. The highest BCUT2D eigenvalue weighted by Crippen LogP contribution is 2.22. The van der Waals surface area contributed by atoms with Gasteiger partial charge in [-0.25, -0.2) is 8.42 Å². The number of rotatable bonds is 9. The molecule has 2 rings (SSSR count). The molecule has 1 N–H and O–H groups in total. The average Bonchev–Trinajstić information content (AvgIpc) is 2.75. The van der Waals surface area contributed by atoms with E-state index in [1.165, 1.54) is 11.9 Å². The van der Waals surface area contributed by atoms with Crippen LogP contribution in [-0.4, -0.2) is 58.1 Å². The lowest BCUT2D eigenvalue weighted by Crippen LogP contribution is -2.50. The van der Waals surface area contributed by atoms with Crippen molar-refractivity contribution in [2.45, 2.75) is 33.4 Å². The van der Waals surface area contributed by atoms with Crippen molar-refractivity contribution in [2.24, 2.45) is 0 Å². The first-order chi connectivity index (χ1) is 15.0. The molecule has 0 saturated carbocycles. The van der Waals surface area contributed by atoms with Gasteiger partial charge in [-0.3, -0.25) is 13.9 Å². The van der Waals surface area contributed by atoms with E-state index in [0.717, 1.165) is 27.3 Å². The largest absolute Gasteiger partial charge is 0.497 e. The molecule has 0 aromatic heterocycles. The third-order valence-electron chi connectivity index (χ3n) is 5.36.